The third kappa shape index (κ3) is 4.16. The van der Waals surface area contributed by atoms with Gasteiger partial charge in [-0.25, -0.2) is 0 Å². The molecule has 0 atom stereocenters. The highest BCUT2D eigenvalue weighted by Crippen LogP contribution is 2.34. The van der Waals surface area contributed by atoms with Gasteiger partial charge in [0.2, 0.25) is 5.91 Å². The fraction of sp³-hybridized carbons (Fsp3) is 0.429. The van der Waals surface area contributed by atoms with E-state index in [1.54, 1.807) is 0 Å². The summed E-state index contributed by atoms with van der Waals surface area (Å²) in [5.41, 5.74) is 0.0666. The molecule has 1 aliphatic rings. The van der Waals surface area contributed by atoms with Gasteiger partial charge in [-0.15, -0.1) is 0 Å². The van der Waals surface area contributed by atoms with Gasteiger partial charge in [0.1, 0.15) is 12.3 Å². The Labute approximate surface area is 132 Å². The number of hydrogen-bond acceptors (Lipinski definition) is 6. The van der Waals surface area contributed by atoms with Crippen molar-refractivity contribution in [1.29, 1.82) is 0 Å². The number of amides is 2. The van der Waals surface area contributed by atoms with E-state index in [1.165, 1.54) is 23.1 Å². The van der Waals surface area contributed by atoms with Crippen LogP contribution in [0.5, 0.6) is 5.75 Å². The SMILES string of the molecule is CCNCCNC(=O)CN1C(=O)COc2ccc([N+](=O)[O-])cc21. The first-order valence-corrected chi connectivity index (χ1v) is 7.22. The molecule has 2 rings (SSSR count). The van der Waals surface area contributed by atoms with Crippen molar-refractivity contribution in [2.24, 2.45) is 0 Å². The Balaban J connectivity index is 2.09. The summed E-state index contributed by atoms with van der Waals surface area (Å²) in [6, 6.07) is 3.96. The topological polar surface area (TPSA) is 114 Å². The maximum Gasteiger partial charge on any atom is 0.271 e. The zero-order valence-corrected chi connectivity index (χ0v) is 12.7. The highest BCUT2D eigenvalue weighted by atomic mass is 16.6. The van der Waals surface area contributed by atoms with Crippen LogP contribution >= 0.6 is 0 Å². The number of carbonyl (C=O) groups excluding carboxylic acids is 2. The van der Waals surface area contributed by atoms with E-state index < -0.39 is 10.8 Å². The van der Waals surface area contributed by atoms with Crippen molar-refractivity contribution in [3.8, 4) is 5.75 Å². The molecule has 0 saturated heterocycles. The van der Waals surface area contributed by atoms with Gasteiger partial charge in [0, 0.05) is 25.2 Å². The molecule has 0 saturated carbocycles. The third-order valence-corrected chi connectivity index (χ3v) is 3.27. The van der Waals surface area contributed by atoms with E-state index in [-0.39, 0.29) is 30.4 Å². The predicted molar refractivity (Wildman–Crippen MR) is 82.5 cm³/mol. The first-order chi connectivity index (χ1) is 11.0. The van der Waals surface area contributed by atoms with E-state index in [0.29, 0.717) is 18.8 Å². The van der Waals surface area contributed by atoms with E-state index >= 15 is 0 Å². The first kappa shape index (κ1) is 16.7. The van der Waals surface area contributed by atoms with Crippen LogP contribution in [0.4, 0.5) is 11.4 Å². The number of non-ortho nitro benzene ring substituents is 1. The molecule has 1 aromatic rings. The standard InChI is InChI=1S/C14H18N4O5/c1-2-15-5-6-16-13(19)8-17-11-7-10(18(21)22)3-4-12(11)23-9-14(17)20/h3-4,7,15H,2,5-6,8-9H2,1H3,(H,16,19). The summed E-state index contributed by atoms with van der Waals surface area (Å²) >= 11 is 0. The number of carbonyl (C=O) groups is 2. The lowest BCUT2D eigenvalue weighted by atomic mass is 10.2. The van der Waals surface area contributed by atoms with Crippen molar-refractivity contribution in [1.82, 2.24) is 10.6 Å². The molecule has 1 aromatic carbocycles. The number of nitrogens with one attached hydrogen (secondary N) is 2. The molecule has 1 aliphatic heterocycles. The zero-order chi connectivity index (χ0) is 16.8. The average Bonchev–Trinajstić information content (AvgIpc) is 2.53. The van der Waals surface area contributed by atoms with Crippen LogP contribution in [-0.2, 0) is 9.59 Å². The Kier molecular flexibility index (Phi) is 5.47. The van der Waals surface area contributed by atoms with Gasteiger partial charge in [0.25, 0.3) is 11.6 Å². The predicted octanol–water partition coefficient (Wildman–Crippen LogP) is 0.0459. The van der Waals surface area contributed by atoms with Gasteiger partial charge in [-0.3, -0.25) is 24.6 Å². The number of ether oxygens (including phenoxy) is 1. The number of nitro groups is 1. The zero-order valence-electron chi connectivity index (χ0n) is 12.7. The van der Waals surface area contributed by atoms with Gasteiger partial charge in [0.15, 0.2) is 6.61 Å². The Hall–Kier alpha value is -2.68. The second kappa shape index (κ2) is 7.54. The van der Waals surface area contributed by atoms with Gasteiger partial charge in [-0.2, -0.15) is 0 Å². The van der Waals surface area contributed by atoms with Gasteiger partial charge in [0.05, 0.1) is 10.6 Å². The molecule has 1 heterocycles. The maximum absolute atomic E-state index is 12.0. The molecule has 2 N–H and O–H groups in total. The molecule has 0 aliphatic carbocycles. The fourth-order valence-electron chi connectivity index (χ4n) is 2.14. The normalized spacial score (nSPS) is 13.3. The summed E-state index contributed by atoms with van der Waals surface area (Å²) < 4.78 is 5.24. The number of fused-ring (bicyclic) bond motifs is 1. The van der Waals surface area contributed by atoms with E-state index in [1.807, 2.05) is 6.92 Å². The molecule has 0 aromatic heterocycles. The van der Waals surface area contributed by atoms with Crippen LogP contribution in [0.3, 0.4) is 0 Å². The number of nitro benzene ring substituents is 1. The lowest BCUT2D eigenvalue weighted by Gasteiger charge is -2.28. The van der Waals surface area contributed by atoms with E-state index in [2.05, 4.69) is 10.6 Å². The van der Waals surface area contributed by atoms with Gasteiger partial charge in [-0.05, 0) is 12.6 Å². The van der Waals surface area contributed by atoms with Crippen molar-refractivity contribution < 1.29 is 19.2 Å². The molecule has 124 valence electrons. The summed E-state index contributed by atoms with van der Waals surface area (Å²) in [5.74, 6) is -0.411. The van der Waals surface area contributed by atoms with Crippen LogP contribution in [0, 0.1) is 10.1 Å². The Morgan fingerprint density at radius 1 is 1.43 bits per heavy atom. The summed E-state index contributed by atoms with van der Waals surface area (Å²) in [5, 5.41) is 16.6. The highest BCUT2D eigenvalue weighted by molar-refractivity contribution is 6.02. The van der Waals surface area contributed by atoms with E-state index in [9.17, 15) is 19.7 Å². The average molecular weight is 322 g/mol. The third-order valence-electron chi connectivity index (χ3n) is 3.27. The summed E-state index contributed by atoms with van der Waals surface area (Å²) in [4.78, 5) is 35.4. The number of benzene rings is 1. The smallest absolute Gasteiger partial charge is 0.271 e. The molecule has 0 unspecified atom stereocenters. The van der Waals surface area contributed by atoms with Crippen LogP contribution < -0.4 is 20.3 Å². The number of likely N-dealkylation sites (N-methyl/N-ethyl adjacent to an activating group) is 1. The summed E-state index contributed by atoms with van der Waals surface area (Å²) in [7, 11) is 0. The summed E-state index contributed by atoms with van der Waals surface area (Å²) in [6.45, 7) is 3.42. The van der Waals surface area contributed by atoms with Gasteiger partial charge in [-0.1, -0.05) is 6.92 Å². The lowest BCUT2D eigenvalue weighted by Crippen LogP contribution is -2.46. The molecule has 23 heavy (non-hydrogen) atoms. The minimum Gasteiger partial charge on any atom is -0.482 e. The van der Waals surface area contributed by atoms with Crippen LogP contribution in [0.25, 0.3) is 0 Å². The van der Waals surface area contributed by atoms with Crippen molar-refractivity contribution in [2.45, 2.75) is 6.92 Å². The molecular weight excluding hydrogens is 304 g/mol. The number of rotatable bonds is 7. The Bertz CT molecular complexity index is 619. The van der Waals surface area contributed by atoms with Crippen molar-refractivity contribution >= 4 is 23.2 Å². The quantitative estimate of drug-likeness (QED) is 0.416. The number of anilines is 1. The first-order valence-electron chi connectivity index (χ1n) is 7.22. The van der Waals surface area contributed by atoms with Crippen molar-refractivity contribution in [2.75, 3.05) is 37.7 Å². The maximum atomic E-state index is 12.0. The van der Waals surface area contributed by atoms with Crippen LogP contribution in [0.2, 0.25) is 0 Å². The second-order valence-corrected chi connectivity index (χ2v) is 4.88. The van der Waals surface area contributed by atoms with Crippen LogP contribution in [-0.4, -0.2) is 49.5 Å². The minimum atomic E-state index is -0.561. The van der Waals surface area contributed by atoms with Gasteiger partial charge < -0.3 is 15.4 Å². The molecule has 0 fully saturated rings. The second-order valence-electron chi connectivity index (χ2n) is 4.88. The molecule has 9 heteroatoms. The van der Waals surface area contributed by atoms with Crippen molar-refractivity contribution in [3.63, 3.8) is 0 Å². The van der Waals surface area contributed by atoms with Crippen molar-refractivity contribution in [3.05, 3.63) is 28.3 Å². The molecule has 9 nitrogen and oxygen atoms in total. The summed E-state index contributed by atoms with van der Waals surface area (Å²) in [6.07, 6.45) is 0. The van der Waals surface area contributed by atoms with Gasteiger partial charge >= 0.3 is 0 Å². The largest absolute Gasteiger partial charge is 0.482 e. The van der Waals surface area contributed by atoms with E-state index in [4.69, 9.17) is 4.74 Å². The number of hydrogen-bond donors (Lipinski definition) is 2. The molecule has 0 spiro atoms. The lowest BCUT2D eigenvalue weighted by molar-refractivity contribution is -0.384. The highest BCUT2D eigenvalue weighted by Gasteiger charge is 2.29. The fourth-order valence-corrected chi connectivity index (χ4v) is 2.14. The molecule has 2 amide bonds. The van der Waals surface area contributed by atoms with E-state index in [0.717, 1.165) is 6.54 Å². The van der Waals surface area contributed by atoms with Crippen LogP contribution in [0.15, 0.2) is 18.2 Å². The molecule has 0 radical (unpaired) electrons. The molecule has 0 bridgehead atoms. The molecular formula is C14H18N4O5. The van der Waals surface area contributed by atoms with Crippen LogP contribution in [0.1, 0.15) is 6.92 Å². The Morgan fingerprint density at radius 3 is 2.91 bits per heavy atom. The minimum absolute atomic E-state index is 0.167. The monoisotopic (exact) mass is 322 g/mol. The number of nitrogens with zero attached hydrogens (tertiary/aromatic N) is 2. The Morgan fingerprint density at radius 2 is 2.22 bits per heavy atom.